The van der Waals surface area contributed by atoms with Crippen LogP contribution in [0.15, 0.2) is 0 Å². The van der Waals surface area contributed by atoms with Crippen molar-refractivity contribution >= 4 is 5.91 Å². The molecule has 110 valence electrons. The van der Waals surface area contributed by atoms with E-state index in [-0.39, 0.29) is 18.6 Å². The first kappa shape index (κ1) is 14.8. The van der Waals surface area contributed by atoms with Crippen LogP contribution in [0.3, 0.4) is 0 Å². The number of piperidine rings is 1. The lowest BCUT2D eigenvalue weighted by atomic mass is 9.78. The summed E-state index contributed by atoms with van der Waals surface area (Å²) in [5, 5.41) is 9.15. The molecular formula is C15H28N2O2. The van der Waals surface area contributed by atoms with Crippen LogP contribution in [-0.4, -0.2) is 59.6 Å². The van der Waals surface area contributed by atoms with Crippen molar-refractivity contribution in [3.05, 3.63) is 0 Å². The number of hydrogen-bond donors (Lipinski definition) is 1. The number of nitrogens with zero attached hydrogens (tertiary/aromatic N) is 2. The van der Waals surface area contributed by atoms with Gasteiger partial charge >= 0.3 is 0 Å². The first-order chi connectivity index (χ1) is 9.13. The van der Waals surface area contributed by atoms with Crippen LogP contribution in [0.2, 0.25) is 0 Å². The Bertz CT molecular complexity index is 307. The van der Waals surface area contributed by atoms with Crippen molar-refractivity contribution in [1.82, 2.24) is 9.80 Å². The highest BCUT2D eigenvalue weighted by Crippen LogP contribution is 2.35. The van der Waals surface area contributed by atoms with E-state index in [1.54, 1.807) is 0 Å². The standard InChI is InChI=1S/C15H28N2O2/c1-12(11-18)16(2)10-15(19)17-9-5-7-13-6-3-4-8-14(13)17/h12-14,18H,3-11H2,1-2H3. The molecule has 0 aromatic heterocycles. The zero-order valence-electron chi connectivity index (χ0n) is 12.3. The SMILES string of the molecule is CC(CO)N(C)CC(=O)N1CCCC2CCCCC21. The van der Waals surface area contributed by atoms with E-state index in [0.717, 1.165) is 18.9 Å². The molecule has 1 heterocycles. The molecule has 3 atom stereocenters. The summed E-state index contributed by atoms with van der Waals surface area (Å²) in [7, 11) is 1.92. The van der Waals surface area contributed by atoms with Crippen LogP contribution in [-0.2, 0) is 4.79 Å². The number of likely N-dealkylation sites (tertiary alicyclic amines) is 1. The molecule has 19 heavy (non-hydrogen) atoms. The predicted molar refractivity (Wildman–Crippen MR) is 75.9 cm³/mol. The van der Waals surface area contributed by atoms with Gasteiger partial charge in [0, 0.05) is 18.6 Å². The maximum Gasteiger partial charge on any atom is 0.237 e. The van der Waals surface area contributed by atoms with E-state index < -0.39 is 0 Å². The first-order valence-corrected chi connectivity index (χ1v) is 7.74. The number of carbonyl (C=O) groups is 1. The van der Waals surface area contributed by atoms with Crippen molar-refractivity contribution in [2.45, 2.75) is 57.5 Å². The fourth-order valence-corrected chi connectivity index (χ4v) is 3.53. The van der Waals surface area contributed by atoms with E-state index in [1.807, 2.05) is 18.9 Å². The van der Waals surface area contributed by atoms with E-state index in [4.69, 9.17) is 5.11 Å². The summed E-state index contributed by atoms with van der Waals surface area (Å²) in [4.78, 5) is 16.6. The molecule has 1 amide bonds. The van der Waals surface area contributed by atoms with Gasteiger partial charge < -0.3 is 10.0 Å². The maximum atomic E-state index is 12.5. The molecule has 1 saturated heterocycles. The van der Waals surface area contributed by atoms with Crippen LogP contribution < -0.4 is 0 Å². The van der Waals surface area contributed by atoms with Gasteiger partial charge in [0.25, 0.3) is 0 Å². The second-order valence-electron chi connectivity index (χ2n) is 6.29. The molecule has 2 fully saturated rings. The molecule has 0 spiro atoms. The van der Waals surface area contributed by atoms with Crippen molar-refractivity contribution in [1.29, 1.82) is 0 Å². The average Bonchev–Trinajstić information content (AvgIpc) is 2.45. The van der Waals surface area contributed by atoms with Crippen molar-refractivity contribution in [3.8, 4) is 0 Å². The molecule has 1 aliphatic heterocycles. The molecule has 0 bridgehead atoms. The number of likely N-dealkylation sites (N-methyl/N-ethyl adjacent to an activating group) is 1. The normalized spacial score (nSPS) is 29.2. The van der Waals surface area contributed by atoms with Crippen molar-refractivity contribution in [3.63, 3.8) is 0 Å². The summed E-state index contributed by atoms with van der Waals surface area (Å²) in [6.45, 7) is 3.43. The third kappa shape index (κ3) is 3.48. The first-order valence-electron chi connectivity index (χ1n) is 7.74. The van der Waals surface area contributed by atoms with Gasteiger partial charge in [0.1, 0.15) is 0 Å². The van der Waals surface area contributed by atoms with Gasteiger partial charge in [-0.3, -0.25) is 9.69 Å². The van der Waals surface area contributed by atoms with E-state index in [9.17, 15) is 4.79 Å². The van der Waals surface area contributed by atoms with Crippen molar-refractivity contribution < 1.29 is 9.90 Å². The Labute approximate surface area is 116 Å². The summed E-state index contributed by atoms with van der Waals surface area (Å²) in [5.41, 5.74) is 0. The molecule has 0 aromatic rings. The Hall–Kier alpha value is -0.610. The topological polar surface area (TPSA) is 43.8 Å². The summed E-state index contributed by atoms with van der Waals surface area (Å²) in [6, 6.07) is 0.545. The van der Waals surface area contributed by atoms with E-state index in [1.165, 1.54) is 32.1 Å². The number of aliphatic hydroxyl groups is 1. The molecule has 4 nitrogen and oxygen atoms in total. The van der Waals surface area contributed by atoms with Gasteiger partial charge in [0.05, 0.1) is 13.2 Å². The molecule has 2 rings (SSSR count). The second kappa shape index (κ2) is 6.71. The van der Waals surface area contributed by atoms with Crippen LogP contribution in [0, 0.1) is 5.92 Å². The van der Waals surface area contributed by atoms with Gasteiger partial charge in [0.2, 0.25) is 5.91 Å². The zero-order valence-corrected chi connectivity index (χ0v) is 12.3. The van der Waals surface area contributed by atoms with E-state index in [2.05, 4.69) is 4.90 Å². The van der Waals surface area contributed by atoms with Crippen molar-refractivity contribution in [2.75, 3.05) is 26.7 Å². The lowest BCUT2D eigenvalue weighted by Gasteiger charge is -2.44. The molecule has 4 heteroatoms. The molecule has 1 saturated carbocycles. The number of fused-ring (bicyclic) bond motifs is 1. The van der Waals surface area contributed by atoms with Crippen molar-refractivity contribution in [2.24, 2.45) is 5.92 Å². The predicted octanol–water partition coefficient (Wildman–Crippen LogP) is 1.48. The molecule has 1 aliphatic carbocycles. The van der Waals surface area contributed by atoms with Crippen LogP contribution in [0.1, 0.15) is 45.4 Å². The van der Waals surface area contributed by atoms with Crippen LogP contribution in [0.5, 0.6) is 0 Å². The molecule has 0 aromatic carbocycles. The number of amides is 1. The number of rotatable bonds is 4. The lowest BCUT2D eigenvalue weighted by Crippen LogP contribution is -2.53. The van der Waals surface area contributed by atoms with Gasteiger partial charge in [-0.05, 0) is 45.6 Å². The molecule has 3 unspecified atom stereocenters. The Balaban J connectivity index is 1.93. The van der Waals surface area contributed by atoms with E-state index >= 15 is 0 Å². The minimum absolute atomic E-state index is 0.0518. The Morgan fingerprint density at radius 1 is 1.32 bits per heavy atom. The van der Waals surface area contributed by atoms with Gasteiger partial charge in [-0.15, -0.1) is 0 Å². The number of carbonyl (C=O) groups excluding carboxylic acids is 1. The zero-order chi connectivity index (χ0) is 13.8. The Morgan fingerprint density at radius 2 is 2.00 bits per heavy atom. The fraction of sp³-hybridized carbons (Fsp3) is 0.933. The highest BCUT2D eigenvalue weighted by atomic mass is 16.3. The summed E-state index contributed by atoms with van der Waals surface area (Å²) in [6.07, 6.45) is 7.56. The highest BCUT2D eigenvalue weighted by molar-refractivity contribution is 5.78. The van der Waals surface area contributed by atoms with Crippen LogP contribution in [0.25, 0.3) is 0 Å². The van der Waals surface area contributed by atoms with Crippen LogP contribution >= 0.6 is 0 Å². The van der Waals surface area contributed by atoms with Gasteiger partial charge in [-0.1, -0.05) is 12.8 Å². The lowest BCUT2D eigenvalue weighted by molar-refractivity contribution is -0.139. The molecule has 0 radical (unpaired) electrons. The Morgan fingerprint density at radius 3 is 2.74 bits per heavy atom. The average molecular weight is 268 g/mol. The minimum Gasteiger partial charge on any atom is -0.395 e. The second-order valence-corrected chi connectivity index (χ2v) is 6.29. The van der Waals surface area contributed by atoms with Gasteiger partial charge in [0.15, 0.2) is 0 Å². The third-order valence-electron chi connectivity index (χ3n) is 4.96. The van der Waals surface area contributed by atoms with Gasteiger partial charge in [-0.25, -0.2) is 0 Å². The minimum atomic E-state index is 0.0518. The molecular weight excluding hydrogens is 240 g/mol. The largest absolute Gasteiger partial charge is 0.395 e. The summed E-state index contributed by atoms with van der Waals surface area (Å²) in [5.74, 6) is 0.992. The highest BCUT2D eigenvalue weighted by Gasteiger charge is 2.35. The monoisotopic (exact) mass is 268 g/mol. The Kier molecular flexibility index (Phi) is 5.22. The molecule has 2 aliphatic rings. The third-order valence-corrected chi connectivity index (χ3v) is 4.96. The van der Waals surface area contributed by atoms with E-state index in [0.29, 0.717) is 12.6 Å². The van der Waals surface area contributed by atoms with Crippen LogP contribution in [0.4, 0.5) is 0 Å². The van der Waals surface area contributed by atoms with Gasteiger partial charge in [-0.2, -0.15) is 0 Å². The smallest absolute Gasteiger partial charge is 0.237 e. The number of hydrogen-bond acceptors (Lipinski definition) is 3. The number of aliphatic hydroxyl groups excluding tert-OH is 1. The summed E-state index contributed by atoms with van der Waals surface area (Å²) >= 11 is 0. The quantitative estimate of drug-likeness (QED) is 0.840. The fourth-order valence-electron chi connectivity index (χ4n) is 3.53. The summed E-state index contributed by atoms with van der Waals surface area (Å²) < 4.78 is 0. The molecule has 1 N–H and O–H groups in total. The maximum absolute atomic E-state index is 12.5.